The minimum absolute atomic E-state index is 0.604. The maximum Gasteiger partial charge on any atom is 0.188 e. The average Bonchev–Trinajstić information content (AvgIpc) is 2.83. The van der Waals surface area contributed by atoms with E-state index in [0.29, 0.717) is 12.0 Å². The SMILES string of the molecule is CCN1CCCC1CN=C(N)NCCCCSC. The molecule has 1 atom stereocenters. The number of likely N-dealkylation sites (N-methyl/N-ethyl adjacent to an activating group) is 1. The molecule has 1 heterocycles. The fourth-order valence-corrected chi connectivity index (χ4v) is 2.86. The first-order valence-corrected chi connectivity index (χ1v) is 8.44. The summed E-state index contributed by atoms with van der Waals surface area (Å²) in [5, 5.41) is 3.20. The lowest BCUT2D eigenvalue weighted by Crippen LogP contribution is -2.36. The quantitative estimate of drug-likeness (QED) is 0.400. The van der Waals surface area contributed by atoms with Crippen LogP contribution in [0.2, 0.25) is 0 Å². The molecule has 1 rings (SSSR count). The molecule has 1 aliphatic rings. The minimum Gasteiger partial charge on any atom is -0.370 e. The predicted molar refractivity (Wildman–Crippen MR) is 82.4 cm³/mol. The largest absolute Gasteiger partial charge is 0.370 e. The Kier molecular flexibility index (Phi) is 8.25. The van der Waals surface area contributed by atoms with E-state index in [4.69, 9.17) is 5.73 Å². The van der Waals surface area contributed by atoms with Crippen molar-refractivity contribution in [3.05, 3.63) is 0 Å². The number of nitrogens with one attached hydrogen (secondary N) is 1. The van der Waals surface area contributed by atoms with E-state index in [1.165, 1.54) is 38.0 Å². The summed E-state index contributed by atoms with van der Waals surface area (Å²) in [6, 6.07) is 0.604. The van der Waals surface area contributed by atoms with Gasteiger partial charge in [0.15, 0.2) is 5.96 Å². The number of likely N-dealkylation sites (tertiary alicyclic amines) is 1. The zero-order valence-electron chi connectivity index (χ0n) is 11.8. The lowest BCUT2D eigenvalue weighted by atomic mass is 10.2. The Balaban J connectivity index is 2.12. The molecule has 106 valence electrons. The van der Waals surface area contributed by atoms with E-state index < -0.39 is 0 Å². The molecule has 0 aromatic carbocycles. The lowest BCUT2D eigenvalue weighted by Gasteiger charge is -2.20. The Bertz CT molecular complexity index is 245. The number of hydrogen-bond donors (Lipinski definition) is 2. The monoisotopic (exact) mass is 272 g/mol. The van der Waals surface area contributed by atoms with Gasteiger partial charge in [-0.3, -0.25) is 9.89 Å². The highest BCUT2D eigenvalue weighted by molar-refractivity contribution is 7.98. The number of rotatable bonds is 8. The van der Waals surface area contributed by atoms with Crippen LogP contribution in [0.25, 0.3) is 0 Å². The molecule has 0 aromatic rings. The summed E-state index contributed by atoms with van der Waals surface area (Å²) in [5.41, 5.74) is 5.87. The van der Waals surface area contributed by atoms with Crippen molar-refractivity contribution in [2.75, 3.05) is 38.2 Å². The second-order valence-electron chi connectivity index (χ2n) is 4.78. The molecular weight excluding hydrogens is 244 g/mol. The zero-order valence-corrected chi connectivity index (χ0v) is 12.6. The summed E-state index contributed by atoms with van der Waals surface area (Å²) in [7, 11) is 0. The Morgan fingerprint density at radius 1 is 1.50 bits per heavy atom. The second-order valence-corrected chi connectivity index (χ2v) is 5.76. The smallest absolute Gasteiger partial charge is 0.188 e. The summed E-state index contributed by atoms with van der Waals surface area (Å²) in [6.07, 6.45) is 7.12. The fraction of sp³-hybridized carbons (Fsp3) is 0.923. The van der Waals surface area contributed by atoms with Gasteiger partial charge in [0, 0.05) is 12.6 Å². The van der Waals surface area contributed by atoms with E-state index in [2.05, 4.69) is 28.4 Å². The van der Waals surface area contributed by atoms with Crippen LogP contribution in [0.4, 0.5) is 0 Å². The van der Waals surface area contributed by atoms with Crippen molar-refractivity contribution in [1.82, 2.24) is 10.2 Å². The van der Waals surface area contributed by atoms with Crippen LogP contribution >= 0.6 is 11.8 Å². The van der Waals surface area contributed by atoms with Gasteiger partial charge in [0.05, 0.1) is 6.54 Å². The molecule has 1 unspecified atom stereocenters. The number of nitrogens with zero attached hydrogens (tertiary/aromatic N) is 2. The van der Waals surface area contributed by atoms with Crippen molar-refractivity contribution in [3.8, 4) is 0 Å². The molecule has 1 saturated heterocycles. The van der Waals surface area contributed by atoms with Crippen molar-refractivity contribution in [3.63, 3.8) is 0 Å². The highest BCUT2D eigenvalue weighted by Gasteiger charge is 2.22. The Morgan fingerprint density at radius 3 is 3.06 bits per heavy atom. The van der Waals surface area contributed by atoms with E-state index >= 15 is 0 Å². The van der Waals surface area contributed by atoms with Crippen molar-refractivity contribution >= 4 is 17.7 Å². The standard InChI is InChI=1S/C13H28N4S/c1-3-17-9-6-7-12(17)11-16-13(14)15-8-4-5-10-18-2/h12H,3-11H2,1-2H3,(H3,14,15,16). The second kappa shape index (κ2) is 9.50. The van der Waals surface area contributed by atoms with Crippen LogP contribution in [0.1, 0.15) is 32.6 Å². The van der Waals surface area contributed by atoms with Crippen LogP contribution in [0.3, 0.4) is 0 Å². The summed E-state index contributed by atoms with van der Waals surface area (Å²) in [5.74, 6) is 1.84. The molecular formula is C13H28N4S. The Labute approximate surface area is 116 Å². The third-order valence-corrected chi connectivity index (χ3v) is 4.16. The first-order valence-electron chi connectivity index (χ1n) is 7.04. The van der Waals surface area contributed by atoms with Crippen molar-refractivity contribution in [2.45, 2.75) is 38.6 Å². The molecule has 0 aromatic heterocycles. The molecule has 0 aliphatic carbocycles. The molecule has 0 radical (unpaired) electrons. The van der Waals surface area contributed by atoms with E-state index in [1.807, 2.05) is 11.8 Å². The van der Waals surface area contributed by atoms with Crippen molar-refractivity contribution in [2.24, 2.45) is 10.7 Å². The van der Waals surface area contributed by atoms with Crippen LogP contribution in [0, 0.1) is 0 Å². The van der Waals surface area contributed by atoms with Gasteiger partial charge in [-0.1, -0.05) is 6.92 Å². The highest BCUT2D eigenvalue weighted by atomic mass is 32.2. The normalized spacial score (nSPS) is 21.4. The molecule has 0 bridgehead atoms. The maximum atomic E-state index is 5.87. The number of thioether (sulfide) groups is 1. The van der Waals surface area contributed by atoms with Crippen molar-refractivity contribution in [1.29, 1.82) is 0 Å². The molecule has 0 amide bonds. The van der Waals surface area contributed by atoms with Crippen LogP contribution in [-0.4, -0.2) is 55.1 Å². The third-order valence-electron chi connectivity index (χ3n) is 3.46. The van der Waals surface area contributed by atoms with Gasteiger partial charge in [-0.25, -0.2) is 0 Å². The van der Waals surface area contributed by atoms with Gasteiger partial charge in [-0.05, 0) is 50.8 Å². The Hall–Kier alpha value is -0.420. The number of unbranched alkanes of at least 4 members (excludes halogenated alkanes) is 1. The minimum atomic E-state index is 0.604. The van der Waals surface area contributed by atoms with E-state index in [0.717, 1.165) is 19.6 Å². The van der Waals surface area contributed by atoms with Gasteiger partial charge in [0.25, 0.3) is 0 Å². The lowest BCUT2D eigenvalue weighted by molar-refractivity contribution is 0.273. The molecule has 0 spiro atoms. The Morgan fingerprint density at radius 2 is 2.33 bits per heavy atom. The van der Waals surface area contributed by atoms with Crippen LogP contribution in [0.15, 0.2) is 4.99 Å². The van der Waals surface area contributed by atoms with Crippen LogP contribution < -0.4 is 11.1 Å². The molecule has 18 heavy (non-hydrogen) atoms. The number of guanidine groups is 1. The van der Waals surface area contributed by atoms with Gasteiger partial charge >= 0.3 is 0 Å². The highest BCUT2D eigenvalue weighted by Crippen LogP contribution is 2.16. The van der Waals surface area contributed by atoms with Crippen LogP contribution in [0.5, 0.6) is 0 Å². The molecule has 4 nitrogen and oxygen atoms in total. The first kappa shape index (κ1) is 15.6. The molecule has 0 saturated carbocycles. The molecule has 1 aliphatic heterocycles. The number of hydrogen-bond acceptors (Lipinski definition) is 3. The van der Waals surface area contributed by atoms with E-state index in [-0.39, 0.29) is 0 Å². The number of nitrogens with two attached hydrogens (primary N) is 1. The predicted octanol–water partition coefficient (Wildman–Crippen LogP) is 1.52. The first-order chi connectivity index (χ1) is 8.77. The average molecular weight is 272 g/mol. The van der Waals surface area contributed by atoms with Gasteiger partial charge in [-0.15, -0.1) is 0 Å². The number of aliphatic imine (C=N–C) groups is 1. The van der Waals surface area contributed by atoms with E-state index in [1.54, 1.807) is 0 Å². The fourth-order valence-electron chi connectivity index (χ4n) is 2.37. The third kappa shape index (κ3) is 5.96. The van der Waals surface area contributed by atoms with Gasteiger partial charge in [0.1, 0.15) is 0 Å². The van der Waals surface area contributed by atoms with Gasteiger partial charge in [0.2, 0.25) is 0 Å². The van der Waals surface area contributed by atoms with E-state index in [9.17, 15) is 0 Å². The summed E-state index contributed by atoms with van der Waals surface area (Å²) in [4.78, 5) is 6.95. The zero-order chi connectivity index (χ0) is 13.2. The maximum absolute atomic E-state index is 5.87. The van der Waals surface area contributed by atoms with Crippen LogP contribution in [-0.2, 0) is 0 Å². The summed E-state index contributed by atoms with van der Waals surface area (Å²) < 4.78 is 0. The molecule has 1 fully saturated rings. The molecule has 3 N–H and O–H groups in total. The summed E-state index contributed by atoms with van der Waals surface area (Å²) >= 11 is 1.90. The topological polar surface area (TPSA) is 53.6 Å². The summed E-state index contributed by atoms with van der Waals surface area (Å²) in [6.45, 7) is 6.35. The van der Waals surface area contributed by atoms with Gasteiger partial charge in [-0.2, -0.15) is 11.8 Å². The van der Waals surface area contributed by atoms with Gasteiger partial charge < -0.3 is 11.1 Å². The van der Waals surface area contributed by atoms with Crippen molar-refractivity contribution < 1.29 is 0 Å². The molecule has 5 heteroatoms.